The molecule has 1 atom stereocenters. The van der Waals surface area contributed by atoms with E-state index in [1.165, 1.54) is 5.56 Å². The molecule has 0 aliphatic carbocycles. The van der Waals surface area contributed by atoms with Crippen molar-refractivity contribution in [2.24, 2.45) is 0 Å². The Morgan fingerprint density at radius 3 is 2.48 bits per heavy atom. The Labute approximate surface area is 130 Å². The average Bonchev–Trinajstić information content (AvgIpc) is 2.44. The van der Waals surface area contributed by atoms with Gasteiger partial charge in [0.15, 0.2) is 0 Å². The van der Waals surface area contributed by atoms with Crippen LogP contribution in [0.3, 0.4) is 0 Å². The van der Waals surface area contributed by atoms with E-state index in [0.29, 0.717) is 10.8 Å². The van der Waals surface area contributed by atoms with Gasteiger partial charge < -0.3 is 9.61 Å². The maximum absolute atomic E-state index is 12.6. The Balaban J connectivity index is 2.14. The number of rotatable bonds is 5. The molecule has 0 radical (unpaired) electrons. The monoisotopic (exact) mass is 323 g/mol. The number of nitrogens with one attached hydrogen (secondary N) is 1. The molecule has 1 N–H and O–H groups in total. The lowest BCUT2D eigenvalue weighted by molar-refractivity contribution is 0.493. The minimum Gasteiger partial charge on any atom is -0.429 e. The normalized spacial score (nSPS) is 13.5. The van der Waals surface area contributed by atoms with Gasteiger partial charge in [0.25, 0.3) is 0 Å². The third kappa shape index (κ3) is 4.26. The van der Waals surface area contributed by atoms with Gasteiger partial charge in [-0.15, -0.1) is 0 Å². The Morgan fingerprint density at radius 2 is 1.86 bits per heavy atom. The van der Waals surface area contributed by atoms with Gasteiger partial charge in [-0.05, 0) is 48.7 Å². The van der Waals surface area contributed by atoms with E-state index < -0.39 is 7.52 Å². The Morgan fingerprint density at radius 1 is 1.19 bits per heavy atom. The lowest BCUT2D eigenvalue weighted by Crippen LogP contribution is -2.03. The maximum atomic E-state index is 12.6. The zero-order valence-corrected chi connectivity index (χ0v) is 14.0. The molecule has 2 aromatic carbocycles. The second kappa shape index (κ2) is 6.55. The predicted molar refractivity (Wildman–Crippen MR) is 89.8 cm³/mol. The molecule has 112 valence electrons. The molecule has 0 bridgehead atoms. The molecule has 0 aliphatic rings. The summed E-state index contributed by atoms with van der Waals surface area (Å²) >= 11 is 6.07. The summed E-state index contributed by atoms with van der Waals surface area (Å²) in [6, 6.07) is 13.1. The van der Waals surface area contributed by atoms with Gasteiger partial charge in [-0.3, -0.25) is 4.57 Å². The first-order chi connectivity index (χ1) is 9.91. The highest BCUT2D eigenvalue weighted by Crippen LogP contribution is 2.44. The number of hydrogen-bond acceptors (Lipinski definition) is 2. The topological polar surface area (TPSA) is 38.3 Å². The summed E-state index contributed by atoms with van der Waals surface area (Å²) in [5.41, 5.74) is 2.79. The third-order valence-corrected chi connectivity index (χ3v) is 4.82. The van der Waals surface area contributed by atoms with Crippen LogP contribution in [0.15, 0.2) is 42.5 Å². The first kappa shape index (κ1) is 15.9. The van der Waals surface area contributed by atoms with Gasteiger partial charge >= 0.3 is 7.52 Å². The van der Waals surface area contributed by atoms with Crippen molar-refractivity contribution in [1.82, 2.24) is 0 Å². The summed E-state index contributed by atoms with van der Waals surface area (Å²) in [5.74, 6) is 0.588. The van der Waals surface area contributed by atoms with Crippen molar-refractivity contribution in [2.75, 3.05) is 11.8 Å². The fraction of sp³-hybridized carbons (Fsp3) is 0.250. The quantitative estimate of drug-likeness (QED) is 0.736. The summed E-state index contributed by atoms with van der Waals surface area (Å²) in [5, 5.41) is 3.59. The van der Waals surface area contributed by atoms with Crippen molar-refractivity contribution in [3.8, 4) is 5.75 Å². The fourth-order valence-electron chi connectivity index (χ4n) is 1.96. The van der Waals surface area contributed by atoms with E-state index >= 15 is 0 Å². The Kier molecular flexibility index (Phi) is 4.97. The molecule has 0 saturated carbocycles. The average molecular weight is 324 g/mol. The van der Waals surface area contributed by atoms with Gasteiger partial charge in [-0.25, -0.2) is 0 Å². The molecular formula is C16H19ClNO2P. The zero-order chi connectivity index (χ0) is 15.5. The molecule has 0 aromatic heterocycles. The highest BCUT2D eigenvalue weighted by molar-refractivity contribution is 7.60. The lowest BCUT2D eigenvalue weighted by atomic mass is 10.2. The molecule has 3 nitrogen and oxygen atoms in total. The van der Waals surface area contributed by atoms with E-state index in [0.717, 1.165) is 17.7 Å². The zero-order valence-electron chi connectivity index (χ0n) is 12.4. The van der Waals surface area contributed by atoms with Crippen LogP contribution in [0.1, 0.15) is 18.1 Å². The molecule has 0 spiro atoms. The van der Waals surface area contributed by atoms with E-state index in [2.05, 4.69) is 12.0 Å². The summed E-state index contributed by atoms with van der Waals surface area (Å²) in [6.45, 7) is 5.52. The van der Waals surface area contributed by atoms with Gasteiger partial charge in [0.1, 0.15) is 5.75 Å². The summed E-state index contributed by atoms with van der Waals surface area (Å²) < 4.78 is 18.2. The number of hydrogen-bond donors (Lipinski definition) is 1. The molecule has 0 fully saturated rings. The Bertz CT molecular complexity index is 670. The van der Waals surface area contributed by atoms with Crippen LogP contribution < -0.4 is 9.61 Å². The number of benzene rings is 2. The first-order valence-electron chi connectivity index (χ1n) is 6.81. The van der Waals surface area contributed by atoms with E-state index in [1.807, 2.05) is 43.3 Å². The van der Waals surface area contributed by atoms with Crippen LogP contribution in [-0.4, -0.2) is 6.66 Å². The van der Waals surface area contributed by atoms with Crippen LogP contribution in [0.4, 0.5) is 5.69 Å². The van der Waals surface area contributed by atoms with Crippen LogP contribution >= 0.6 is 19.1 Å². The molecule has 21 heavy (non-hydrogen) atoms. The number of anilines is 1. The van der Waals surface area contributed by atoms with Crippen molar-refractivity contribution in [1.29, 1.82) is 0 Å². The van der Waals surface area contributed by atoms with Gasteiger partial charge in [0.05, 0.1) is 0 Å². The predicted octanol–water partition coefficient (Wildman–Crippen LogP) is 5.52. The minimum atomic E-state index is -3.02. The highest BCUT2D eigenvalue weighted by atomic mass is 35.5. The van der Waals surface area contributed by atoms with Crippen LogP contribution in [-0.2, 0) is 11.0 Å². The van der Waals surface area contributed by atoms with E-state index in [-0.39, 0.29) is 0 Å². The van der Waals surface area contributed by atoms with Crippen molar-refractivity contribution >= 4 is 24.8 Å². The van der Waals surface area contributed by atoms with Gasteiger partial charge in [-0.1, -0.05) is 36.7 Å². The molecule has 0 aliphatic heterocycles. The largest absolute Gasteiger partial charge is 0.429 e. The van der Waals surface area contributed by atoms with Crippen molar-refractivity contribution in [3.63, 3.8) is 0 Å². The fourth-order valence-corrected chi connectivity index (χ4v) is 3.38. The molecule has 0 amide bonds. The van der Waals surface area contributed by atoms with Crippen molar-refractivity contribution in [2.45, 2.75) is 20.3 Å². The molecule has 2 rings (SSSR count). The molecule has 0 heterocycles. The minimum absolute atomic E-state index is 0.588. The smallest absolute Gasteiger partial charge is 0.338 e. The van der Waals surface area contributed by atoms with Gasteiger partial charge in [0, 0.05) is 17.4 Å². The van der Waals surface area contributed by atoms with Crippen LogP contribution in [0.2, 0.25) is 5.02 Å². The van der Waals surface area contributed by atoms with Crippen LogP contribution in [0, 0.1) is 6.92 Å². The van der Waals surface area contributed by atoms with E-state index in [1.54, 1.807) is 12.7 Å². The molecule has 0 unspecified atom stereocenters. The lowest BCUT2D eigenvalue weighted by Gasteiger charge is -2.19. The first-order valence-corrected chi connectivity index (χ1v) is 9.26. The summed E-state index contributed by atoms with van der Waals surface area (Å²) in [4.78, 5) is 0. The third-order valence-electron chi connectivity index (χ3n) is 3.20. The second-order valence-corrected chi connectivity index (χ2v) is 7.46. The molecule has 0 saturated heterocycles. The second-order valence-electron chi connectivity index (χ2n) is 4.96. The summed E-state index contributed by atoms with van der Waals surface area (Å²) in [6.07, 6.45) is 0.962. The van der Waals surface area contributed by atoms with E-state index in [4.69, 9.17) is 16.1 Å². The Hall–Kier alpha value is -1.44. The van der Waals surface area contributed by atoms with Gasteiger partial charge in [0.2, 0.25) is 0 Å². The van der Waals surface area contributed by atoms with Crippen LogP contribution in [0.25, 0.3) is 0 Å². The number of halogens is 1. The number of aryl methyl sites for hydroxylation is 1. The highest BCUT2D eigenvalue weighted by Gasteiger charge is 2.18. The van der Waals surface area contributed by atoms with E-state index in [9.17, 15) is 4.57 Å². The molecule has 5 heteroatoms. The molecule has 2 aromatic rings. The van der Waals surface area contributed by atoms with Crippen LogP contribution in [0.5, 0.6) is 5.75 Å². The SMILES string of the molecule is CCc1ccc(O[P@](C)(=O)Nc2cccc(Cl)c2C)cc1. The molecular weight excluding hydrogens is 305 g/mol. The summed E-state index contributed by atoms with van der Waals surface area (Å²) in [7, 11) is -3.02. The maximum Gasteiger partial charge on any atom is 0.338 e. The van der Waals surface area contributed by atoms with Crippen molar-refractivity contribution in [3.05, 3.63) is 58.6 Å². The van der Waals surface area contributed by atoms with Gasteiger partial charge in [-0.2, -0.15) is 0 Å². The van der Waals surface area contributed by atoms with Crippen molar-refractivity contribution < 1.29 is 9.09 Å². The standard InChI is InChI=1S/C16H19ClNO2P/c1-4-13-8-10-14(11-9-13)20-21(3,19)18-16-7-5-6-15(17)12(16)2/h5-11H,4H2,1-3H3,(H,18,19)/t21-/m0/s1.